The fraction of sp³-hybridized carbons (Fsp3) is 0.273. The molecule has 0 atom stereocenters. The lowest BCUT2D eigenvalue weighted by Crippen LogP contribution is -2.29. The maximum atomic E-state index is 12.1. The average Bonchev–Trinajstić information content (AvgIpc) is 2.37. The Kier molecular flexibility index (Phi) is 3.72. The Morgan fingerprint density at radius 1 is 1.53 bits per heavy atom. The first kappa shape index (κ1) is 13.8. The molecular formula is C11H13N3O3S2. The molecule has 0 bridgehead atoms. The van der Waals surface area contributed by atoms with Crippen LogP contribution in [0.25, 0.3) is 0 Å². The molecule has 1 aromatic rings. The second kappa shape index (κ2) is 5.14. The Hall–Kier alpha value is -1.67. The van der Waals surface area contributed by atoms with E-state index in [0.29, 0.717) is 23.4 Å². The molecule has 102 valence electrons. The quantitative estimate of drug-likeness (QED) is 0.607. The molecule has 0 unspecified atom stereocenters. The largest absolute Gasteiger partial charge is 0.495 e. The first-order valence-electron chi connectivity index (χ1n) is 5.48. The third-order valence-electron chi connectivity index (χ3n) is 2.73. The van der Waals surface area contributed by atoms with Gasteiger partial charge in [0, 0.05) is 12.0 Å². The molecule has 8 heteroatoms. The van der Waals surface area contributed by atoms with E-state index in [0.717, 1.165) is 0 Å². The fourth-order valence-corrected chi connectivity index (χ4v) is 3.62. The number of sulfone groups is 1. The Bertz CT molecular complexity index is 653. The maximum Gasteiger partial charge on any atom is 0.184 e. The van der Waals surface area contributed by atoms with Crippen LogP contribution < -0.4 is 15.9 Å². The zero-order chi connectivity index (χ0) is 14.0. The molecule has 1 aliphatic rings. The normalized spacial score (nSPS) is 18.7. The van der Waals surface area contributed by atoms with E-state index in [1.54, 1.807) is 18.2 Å². The number of hydrogen-bond donors (Lipinski definition) is 2. The van der Waals surface area contributed by atoms with Gasteiger partial charge in [0.05, 0.1) is 18.6 Å². The van der Waals surface area contributed by atoms with Crippen molar-refractivity contribution < 1.29 is 13.2 Å². The summed E-state index contributed by atoms with van der Waals surface area (Å²) in [5, 5.41) is 4.08. The van der Waals surface area contributed by atoms with Crippen LogP contribution in [0.3, 0.4) is 0 Å². The van der Waals surface area contributed by atoms with E-state index >= 15 is 0 Å². The van der Waals surface area contributed by atoms with Gasteiger partial charge in [-0.05, 0) is 18.3 Å². The molecule has 0 aromatic heterocycles. The van der Waals surface area contributed by atoms with Gasteiger partial charge in [-0.25, -0.2) is 8.42 Å². The zero-order valence-electron chi connectivity index (χ0n) is 10.2. The van der Waals surface area contributed by atoms with Crippen LogP contribution in [0, 0.1) is 0 Å². The van der Waals surface area contributed by atoms with Gasteiger partial charge in [0.25, 0.3) is 0 Å². The lowest BCUT2D eigenvalue weighted by molar-refractivity contribution is 0.402. The molecule has 0 saturated heterocycles. The predicted molar refractivity (Wildman–Crippen MR) is 76.1 cm³/mol. The highest BCUT2D eigenvalue weighted by Crippen LogP contribution is 2.33. The molecule has 19 heavy (non-hydrogen) atoms. The summed E-state index contributed by atoms with van der Waals surface area (Å²) < 4.78 is 29.4. The van der Waals surface area contributed by atoms with Gasteiger partial charge in [0.15, 0.2) is 14.9 Å². The Morgan fingerprint density at radius 3 is 2.89 bits per heavy atom. The van der Waals surface area contributed by atoms with Crippen molar-refractivity contribution in [3.8, 4) is 5.75 Å². The van der Waals surface area contributed by atoms with Crippen LogP contribution in [-0.2, 0) is 9.84 Å². The molecule has 0 saturated carbocycles. The lowest BCUT2D eigenvalue weighted by Gasteiger charge is -2.20. The van der Waals surface area contributed by atoms with Crippen LogP contribution in [0.15, 0.2) is 28.2 Å². The summed E-state index contributed by atoms with van der Waals surface area (Å²) >= 11 is 4.67. The third kappa shape index (κ3) is 2.69. The Balaban J connectivity index is 2.59. The average molecular weight is 299 g/mol. The third-order valence-corrected chi connectivity index (χ3v) is 4.61. The van der Waals surface area contributed by atoms with Gasteiger partial charge in [0.2, 0.25) is 0 Å². The smallest absolute Gasteiger partial charge is 0.184 e. The summed E-state index contributed by atoms with van der Waals surface area (Å²) in [6.07, 6.45) is 0.304. The summed E-state index contributed by atoms with van der Waals surface area (Å²) in [5.74, 6) is 0.304. The van der Waals surface area contributed by atoms with Crippen LogP contribution in [0.1, 0.15) is 12.0 Å². The number of benzene rings is 1. The van der Waals surface area contributed by atoms with Gasteiger partial charge in [-0.1, -0.05) is 12.1 Å². The molecular weight excluding hydrogens is 286 g/mol. The summed E-state index contributed by atoms with van der Waals surface area (Å²) in [5.41, 5.74) is 8.91. The van der Waals surface area contributed by atoms with Crippen molar-refractivity contribution in [2.75, 3.05) is 12.9 Å². The van der Waals surface area contributed by atoms with Crippen molar-refractivity contribution in [3.05, 3.63) is 23.8 Å². The van der Waals surface area contributed by atoms with Crippen molar-refractivity contribution in [1.82, 2.24) is 5.43 Å². The van der Waals surface area contributed by atoms with Gasteiger partial charge in [-0.3, -0.25) is 5.43 Å². The minimum Gasteiger partial charge on any atom is -0.495 e. The van der Waals surface area contributed by atoms with Crippen molar-refractivity contribution in [3.63, 3.8) is 0 Å². The van der Waals surface area contributed by atoms with E-state index in [4.69, 9.17) is 10.5 Å². The van der Waals surface area contributed by atoms with Crippen LogP contribution in [-0.4, -0.2) is 32.1 Å². The van der Waals surface area contributed by atoms with Crippen molar-refractivity contribution >= 4 is 32.9 Å². The van der Waals surface area contributed by atoms with Crippen LogP contribution in [0.5, 0.6) is 5.75 Å². The Labute approximate surface area is 116 Å². The van der Waals surface area contributed by atoms with E-state index in [2.05, 4.69) is 22.7 Å². The minimum absolute atomic E-state index is 0.0157. The standard InChI is InChI=1S/C11H13N3O3S2/c1-17-9-4-2-3-7-8(13-14-11(12)18)5-6-19(15,16)10(7)9/h2-4H,5-6H2,1H3,(H3,12,14,18). The van der Waals surface area contributed by atoms with E-state index < -0.39 is 9.84 Å². The number of rotatable bonds is 2. The first-order chi connectivity index (χ1) is 8.95. The number of hydrogen-bond acceptors (Lipinski definition) is 5. The van der Waals surface area contributed by atoms with E-state index in [1.807, 2.05) is 0 Å². The molecule has 0 spiro atoms. The SMILES string of the molecule is COc1cccc2c1S(=O)(=O)CCC2=NNC(N)=S. The van der Waals surface area contributed by atoms with Crippen LogP contribution in [0.4, 0.5) is 0 Å². The van der Waals surface area contributed by atoms with Gasteiger partial charge in [-0.15, -0.1) is 0 Å². The highest BCUT2D eigenvalue weighted by molar-refractivity contribution is 7.91. The summed E-state index contributed by atoms with van der Waals surface area (Å²) in [6.45, 7) is 0. The molecule has 0 fully saturated rings. The molecule has 2 rings (SSSR count). The van der Waals surface area contributed by atoms with Crippen LogP contribution >= 0.6 is 12.2 Å². The van der Waals surface area contributed by atoms with E-state index in [9.17, 15) is 8.42 Å². The fourth-order valence-electron chi connectivity index (χ4n) is 1.93. The summed E-state index contributed by atoms with van der Waals surface area (Å²) in [7, 11) is -1.92. The number of nitrogens with one attached hydrogen (secondary N) is 1. The Morgan fingerprint density at radius 2 is 2.26 bits per heavy atom. The molecule has 0 radical (unpaired) electrons. The number of nitrogens with zero attached hydrogens (tertiary/aromatic N) is 1. The van der Waals surface area contributed by atoms with Gasteiger partial charge >= 0.3 is 0 Å². The highest BCUT2D eigenvalue weighted by Gasteiger charge is 2.31. The minimum atomic E-state index is -3.35. The number of thiocarbonyl (C=S) groups is 1. The molecule has 1 aliphatic heterocycles. The molecule has 0 aliphatic carbocycles. The van der Waals surface area contributed by atoms with Crippen molar-refractivity contribution in [2.24, 2.45) is 10.8 Å². The summed E-state index contributed by atoms with van der Waals surface area (Å²) in [4.78, 5) is 0.173. The van der Waals surface area contributed by atoms with Crippen molar-refractivity contribution in [1.29, 1.82) is 0 Å². The van der Waals surface area contributed by atoms with Crippen LogP contribution in [0.2, 0.25) is 0 Å². The molecule has 3 N–H and O–H groups in total. The number of hydrazone groups is 1. The first-order valence-corrected chi connectivity index (χ1v) is 7.54. The lowest BCUT2D eigenvalue weighted by atomic mass is 10.1. The molecule has 1 aromatic carbocycles. The topological polar surface area (TPSA) is 93.8 Å². The number of methoxy groups -OCH3 is 1. The van der Waals surface area contributed by atoms with Gasteiger partial charge in [0.1, 0.15) is 10.6 Å². The highest BCUT2D eigenvalue weighted by atomic mass is 32.2. The number of fused-ring (bicyclic) bond motifs is 1. The molecule has 0 amide bonds. The second-order valence-corrected chi connectivity index (χ2v) is 6.43. The number of ether oxygens (including phenoxy) is 1. The van der Waals surface area contributed by atoms with Gasteiger partial charge in [-0.2, -0.15) is 5.10 Å². The summed E-state index contributed by atoms with van der Waals surface area (Å²) in [6, 6.07) is 5.02. The van der Waals surface area contributed by atoms with E-state index in [1.165, 1.54) is 7.11 Å². The monoisotopic (exact) mass is 299 g/mol. The second-order valence-electron chi connectivity index (χ2n) is 3.94. The molecule has 6 nitrogen and oxygen atoms in total. The van der Waals surface area contributed by atoms with E-state index in [-0.39, 0.29) is 15.8 Å². The molecule has 1 heterocycles. The van der Waals surface area contributed by atoms with Crippen molar-refractivity contribution in [2.45, 2.75) is 11.3 Å². The predicted octanol–water partition coefficient (Wildman–Crippen LogP) is 0.410. The van der Waals surface area contributed by atoms with Gasteiger partial charge < -0.3 is 10.5 Å². The maximum absolute atomic E-state index is 12.1. The zero-order valence-corrected chi connectivity index (χ0v) is 11.8. The number of nitrogens with two attached hydrogens (primary N) is 1.